The summed E-state index contributed by atoms with van der Waals surface area (Å²) in [6, 6.07) is 3.27. The lowest BCUT2D eigenvalue weighted by atomic mass is 10.2. The molecule has 0 fully saturated rings. The van der Waals surface area contributed by atoms with Gasteiger partial charge in [-0.15, -0.1) is 11.3 Å². The molecule has 1 aromatic rings. The second-order valence-corrected chi connectivity index (χ2v) is 3.84. The van der Waals surface area contributed by atoms with E-state index in [1.807, 2.05) is 0 Å². The van der Waals surface area contributed by atoms with Crippen LogP contribution in [0.5, 0.6) is 0 Å². The Morgan fingerprint density at radius 2 is 2.36 bits per heavy atom. The van der Waals surface area contributed by atoms with Crippen LogP contribution in [-0.4, -0.2) is 29.9 Å². The Kier molecular flexibility index (Phi) is 4.06. The van der Waals surface area contributed by atoms with E-state index in [0.29, 0.717) is 9.75 Å². The number of ether oxygens (including phenoxy) is 1. The fourth-order valence-corrected chi connectivity index (χ4v) is 1.95. The van der Waals surface area contributed by atoms with Crippen LogP contribution >= 0.6 is 11.3 Å². The van der Waals surface area contributed by atoms with Crippen molar-refractivity contribution in [1.82, 2.24) is 0 Å². The van der Waals surface area contributed by atoms with Gasteiger partial charge in [0.15, 0.2) is 0 Å². The molecule has 1 aromatic heterocycles. The lowest BCUT2D eigenvalue weighted by molar-refractivity contribution is 0.0606. The molecule has 0 radical (unpaired) electrons. The lowest BCUT2D eigenvalue weighted by Gasteiger charge is -2.04. The van der Waals surface area contributed by atoms with Crippen molar-refractivity contribution < 1.29 is 19.7 Å². The van der Waals surface area contributed by atoms with Gasteiger partial charge in [-0.1, -0.05) is 0 Å². The van der Waals surface area contributed by atoms with Gasteiger partial charge in [0, 0.05) is 17.9 Å². The van der Waals surface area contributed by atoms with Crippen molar-refractivity contribution in [2.45, 2.75) is 12.5 Å². The number of aliphatic hydroxyl groups is 2. The number of esters is 1. The van der Waals surface area contributed by atoms with Crippen LogP contribution in [0.25, 0.3) is 0 Å². The van der Waals surface area contributed by atoms with E-state index in [2.05, 4.69) is 4.74 Å². The minimum absolute atomic E-state index is 0.0768. The maximum Gasteiger partial charge on any atom is 0.348 e. The third-order valence-corrected chi connectivity index (χ3v) is 2.91. The molecular formula is C9H12O4S. The van der Waals surface area contributed by atoms with E-state index < -0.39 is 12.1 Å². The number of aliphatic hydroxyl groups excluding tert-OH is 2. The van der Waals surface area contributed by atoms with Crippen LogP contribution in [0.1, 0.15) is 27.1 Å². The zero-order chi connectivity index (χ0) is 10.6. The predicted molar refractivity (Wildman–Crippen MR) is 52.3 cm³/mol. The van der Waals surface area contributed by atoms with Gasteiger partial charge in [0.05, 0.1) is 13.2 Å². The molecule has 0 bridgehead atoms. The Morgan fingerprint density at radius 3 is 2.93 bits per heavy atom. The van der Waals surface area contributed by atoms with Crippen molar-refractivity contribution in [3.8, 4) is 0 Å². The van der Waals surface area contributed by atoms with Crippen LogP contribution in [0.2, 0.25) is 0 Å². The largest absolute Gasteiger partial charge is 0.465 e. The average molecular weight is 216 g/mol. The van der Waals surface area contributed by atoms with Gasteiger partial charge in [-0.3, -0.25) is 0 Å². The molecule has 0 aliphatic rings. The molecule has 1 rings (SSSR count). The molecular weight excluding hydrogens is 204 g/mol. The Bertz CT molecular complexity index is 308. The smallest absolute Gasteiger partial charge is 0.348 e. The second kappa shape index (κ2) is 5.09. The summed E-state index contributed by atoms with van der Waals surface area (Å²) in [5, 5.41) is 18.1. The summed E-state index contributed by atoms with van der Waals surface area (Å²) >= 11 is 1.18. The molecule has 1 unspecified atom stereocenters. The van der Waals surface area contributed by atoms with Crippen molar-refractivity contribution in [3.63, 3.8) is 0 Å². The fourth-order valence-electron chi connectivity index (χ4n) is 1.01. The zero-order valence-electron chi connectivity index (χ0n) is 7.77. The van der Waals surface area contributed by atoms with Crippen molar-refractivity contribution in [2.75, 3.05) is 13.7 Å². The van der Waals surface area contributed by atoms with Crippen molar-refractivity contribution in [3.05, 3.63) is 21.9 Å². The molecule has 78 valence electrons. The second-order valence-electron chi connectivity index (χ2n) is 2.72. The monoisotopic (exact) mass is 216 g/mol. The molecule has 2 N–H and O–H groups in total. The SMILES string of the molecule is COC(=O)c1ccc(C(O)CCO)s1. The van der Waals surface area contributed by atoms with Crippen LogP contribution in [0.15, 0.2) is 12.1 Å². The predicted octanol–water partition coefficient (Wildman–Crippen LogP) is 0.950. The average Bonchev–Trinajstić information content (AvgIpc) is 2.66. The molecule has 0 spiro atoms. The Hall–Kier alpha value is -0.910. The summed E-state index contributed by atoms with van der Waals surface area (Å²) in [6.45, 7) is -0.0768. The van der Waals surface area contributed by atoms with Gasteiger partial charge < -0.3 is 14.9 Å². The first-order chi connectivity index (χ1) is 6.69. The molecule has 1 heterocycles. The number of hydrogen-bond donors (Lipinski definition) is 2. The van der Waals surface area contributed by atoms with Gasteiger partial charge >= 0.3 is 5.97 Å². The highest BCUT2D eigenvalue weighted by molar-refractivity contribution is 7.14. The van der Waals surface area contributed by atoms with E-state index in [1.54, 1.807) is 12.1 Å². The van der Waals surface area contributed by atoms with Crippen LogP contribution in [0.4, 0.5) is 0 Å². The summed E-state index contributed by atoms with van der Waals surface area (Å²) < 4.78 is 4.53. The maximum atomic E-state index is 11.1. The van der Waals surface area contributed by atoms with Crippen molar-refractivity contribution in [1.29, 1.82) is 0 Å². The summed E-state index contributed by atoms with van der Waals surface area (Å²) in [5.74, 6) is -0.405. The first-order valence-corrected chi connectivity index (χ1v) is 4.97. The van der Waals surface area contributed by atoms with E-state index in [9.17, 15) is 9.90 Å². The van der Waals surface area contributed by atoms with Gasteiger partial charge in [0.2, 0.25) is 0 Å². The molecule has 1 atom stereocenters. The molecule has 0 saturated carbocycles. The standard InChI is InChI=1S/C9H12O4S/c1-13-9(12)8-3-2-7(14-8)6(11)4-5-10/h2-3,6,10-11H,4-5H2,1H3. The molecule has 14 heavy (non-hydrogen) atoms. The number of thiophene rings is 1. The zero-order valence-corrected chi connectivity index (χ0v) is 8.58. The van der Waals surface area contributed by atoms with Gasteiger partial charge in [-0.25, -0.2) is 4.79 Å². The van der Waals surface area contributed by atoms with Crippen molar-refractivity contribution in [2.24, 2.45) is 0 Å². The summed E-state index contributed by atoms with van der Waals surface area (Å²) in [7, 11) is 1.31. The van der Waals surface area contributed by atoms with E-state index >= 15 is 0 Å². The first kappa shape index (κ1) is 11.2. The Morgan fingerprint density at radius 1 is 1.64 bits per heavy atom. The molecule has 0 aromatic carbocycles. The molecule has 0 saturated heterocycles. The van der Waals surface area contributed by atoms with Crippen LogP contribution < -0.4 is 0 Å². The number of methoxy groups -OCH3 is 1. The Balaban J connectivity index is 2.72. The number of rotatable bonds is 4. The number of carbonyl (C=O) groups excluding carboxylic acids is 1. The highest BCUT2D eigenvalue weighted by Crippen LogP contribution is 2.25. The quantitative estimate of drug-likeness (QED) is 0.735. The van der Waals surface area contributed by atoms with Gasteiger partial charge in [-0.05, 0) is 12.1 Å². The lowest BCUT2D eigenvalue weighted by Crippen LogP contribution is -1.98. The summed E-state index contributed by atoms with van der Waals surface area (Å²) in [4.78, 5) is 12.2. The van der Waals surface area contributed by atoms with Crippen molar-refractivity contribution >= 4 is 17.3 Å². The highest BCUT2D eigenvalue weighted by atomic mass is 32.1. The van der Waals surface area contributed by atoms with Crippen LogP contribution in [0.3, 0.4) is 0 Å². The Labute approximate surface area is 85.8 Å². The highest BCUT2D eigenvalue weighted by Gasteiger charge is 2.13. The van der Waals surface area contributed by atoms with Crippen LogP contribution in [0, 0.1) is 0 Å². The topological polar surface area (TPSA) is 66.8 Å². The van der Waals surface area contributed by atoms with E-state index in [-0.39, 0.29) is 13.0 Å². The van der Waals surface area contributed by atoms with E-state index in [1.165, 1.54) is 18.4 Å². The van der Waals surface area contributed by atoms with Gasteiger partial charge in [-0.2, -0.15) is 0 Å². The van der Waals surface area contributed by atoms with Crippen LogP contribution in [-0.2, 0) is 4.74 Å². The first-order valence-electron chi connectivity index (χ1n) is 4.16. The summed E-state index contributed by atoms with van der Waals surface area (Å²) in [6.07, 6.45) is -0.426. The normalized spacial score (nSPS) is 12.5. The third kappa shape index (κ3) is 2.54. The molecule has 0 aliphatic heterocycles. The fraction of sp³-hybridized carbons (Fsp3) is 0.444. The third-order valence-electron chi connectivity index (χ3n) is 1.74. The molecule has 4 nitrogen and oxygen atoms in total. The molecule has 5 heteroatoms. The maximum absolute atomic E-state index is 11.1. The number of carbonyl (C=O) groups is 1. The molecule has 0 aliphatic carbocycles. The number of hydrogen-bond acceptors (Lipinski definition) is 5. The summed E-state index contributed by atoms with van der Waals surface area (Å²) in [5.41, 5.74) is 0. The van der Waals surface area contributed by atoms with E-state index in [4.69, 9.17) is 5.11 Å². The van der Waals surface area contributed by atoms with Gasteiger partial charge in [0.1, 0.15) is 4.88 Å². The van der Waals surface area contributed by atoms with E-state index in [0.717, 1.165) is 0 Å². The minimum Gasteiger partial charge on any atom is -0.465 e. The van der Waals surface area contributed by atoms with Gasteiger partial charge in [0.25, 0.3) is 0 Å². The molecule has 0 amide bonds. The minimum atomic E-state index is -0.705.